The molecule has 0 aliphatic rings. The van der Waals surface area contributed by atoms with E-state index in [1.54, 1.807) is 0 Å². The van der Waals surface area contributed by atoms with Crippen LogP contribution in [0.1, 0.15) is 38.9 Å². The molecule has 0 atom stereocenters. The van der Waals surface area contributed by atoms with Gasteiger partial charge in [0.2, 0.25) is 0 Å². The molecule has 1 aromatic rings. The van der Waals surface area contributed by atoms with Crippen molar-refractivity contribution >= 4 is 0 Å². The number of aromatic nitrogens is 4. The van der Waals surface area contributed by atoms with Crippen LogP contribution in [0.3, 0.4) is 0 Å². The van der Waals surface area contributed by atoms with E-state index in [-0.39, 0.29) is 0 Å². The number of unbranched alkanes of at least 4 members (excludes halogenated alkanes) is 1. The molecule has 0 saturated heterocycles. The summed E-state index contributed by atoms with van der Waals surface area (Å²) in [6.07, 6.45) is 3.68. The summed E-state index contributed by atoms with van der Waals surface area (Å²) in [7, 11) is 1.90. The van der Waals surface area contributed by atoms with Crippen molar-refractivity contribution in [2.24, 2.45) is 5.92 Å². The van der Waals surface area contributed by atoms with Crippen LogP contribution in [-0.4, -0.2) is 27.3 Å². The van der Waals surface area contributed by atoms with Gasteiger partial charge in [0.15, 0.2) is 5.82 Å². The van der Waals surface area contributed by atoms with E-state index in [0.717, 1.165) is 31.3 Å². The minimum Gasteiger partial charge on any atom is -0.313 e. The van der Waals surface area contributed by atoms with Crippen LogP contribution in [-0.2, 0) is 13.1 Å². The fourth-order valence-electron chi connectivity index (χ4n) is 1.50. The van der Waals surface area contributed by atoms with E-state index in [4.69, 9.17) is 0 Å². The second-order valence-electron chi connectivity index (χ2n) is 4.24. The van der Waals surface area contributed by atoms with E-state index < -0.39 is 0 Å². The summed E-state index contributed by atoms with van der Waals surface area (Å²) < 4.78 is 1.89. The third-order valence-corrected chi connectivity index (χ3v) is 2.34. The summed E-state index contributed by atoms with van der Waals surface area (Å²) >= 11 is 0. The smallest absolute Gasteiger partial charge is 0.165 e. The van der Waals surface area contributed by atoms with Crippen LogP contribution in [0, 0.1) is 5.92 Å². The average molecular weight is 211 g/mol. The van der Waals surface area contributed by atoms with Gasteiger partial charge in [-0.15, -0.1) is 5.10 Å². The molecule has 0 unspecified atom stereocenters. The van der Waals surface area contributed by atoms with Gasteiger partial charge in [0, 0.05) is 6.54 Å². The molecule has 0 aromatic carbocycles. The fourth-order valence-corrected chi connectivity index (χ4v) is 1.50. The van der Waals surface area contributed by atoms with Gasteiger partial charge in [0.1, 0.15) is 0 Å². The highest BCUT2D eigenvalue weighted by molar-refractivity contribution is 4.78. The minimum absolute atomic E-state index is 0.733. The van der Waals surface area contributed by atoms with Gasteiger partial charge in [0.25, 0.3) is 0 Å². The van der Waals surface area contributed by atoms with Crippen molar-refractivity contribution < 1.29 is 0 Å². The molecule has 0 fully saturated rings. The van der Waals surface area contributed by atoms with Crippen molar-refractivity contribution in [1.82, 2.24) is 25.5 Å². The van der Waals surface area contributed by atoms with Crippen LogP contribution in [0.25, 0.3) is 0 Å². The molecule has 5 nitrogen and oxygen atoms in total. The van der Waals surface area contributed by atoms with Crippen molar-refractivity contribution in [1.29, 1.82) is 0 Å². The molecule has 1 N–H and O–H groups in total. The first-order valence-electron chi connectivity index (χ1n) is 5.63. The second kappa shape index (κ2) is 6.50. The molecule has 15 heavy (non-hydrogen) atoms. The molecule has 0 aliphatic carbocycles. The monoisotopic (exact) mass is 211 g/mol. The SMILES string of the molecule is CNCc1nnnn1CCCCC(C)C. The Labute approximate surface area is 91.2 Å². The highest BCUT2D eigenvalue weighted by Gasteiger charge is 2.03. The highest BCUT2D eigenvalue weighted by atomic mass is 15.5. The fraction of sp³-hybridized carbons (Fsp3) is 0.900. The first-order chi connectivity index (χ1) is 7.24. The molecule has 1 rings (SSSR count). The van der Waals surface area contributed by atoms with Crippen LogP contribution in [0.5, 0.6) is 0 Å². The maximum atomic E-state index is 3.97. The minimum atomic E-state index is 0.733. The number of nitrogens with zero attached hydrogens (tertiary/aromatic N) is 4. The van der Waals surface area contributed by atoms with Crippen molar-refractivity contribution in [3.63, 3.8) is 0 Å². The van der Waals surface area contributed by atoms with Gasteiger partial charge in [-0.1, -0.05) is 26.7 Å². The molecular formula is C10H21N5. The van der Waals surface area contributed by atoms with E-state index in [0.29, 0.717) is 0 Å². The summed E-state index contributed by atoms with van der Waals surface area (Å²) in [5.41, 5.74) is 0. The number of hydrogen-bond donors (Lipinski definition) is 1. The lowest BCUT2D eigenvalue weighted by Crippen LogP contribution is -2.13. The average Bonchev–Trinajstić information content (AvgIpc) is 2.61. The van der Waals surface area contributed by atoms with Gasteiger partial charge in [-0.05, 0) is 29.8 Å². The van der Waals surface area contributed by atoms with E-state index in [1.807, 2.05) is 11.7 Å². The number of nitrogens with one attached hydrogen (secondary N) is 1. The topological polar surface area (TPSA) is 55.6 Å². The molecule has 5 heteroatoms. The zero-order chi connectivity index (χ0) is 11.1. The quantitative estimate of drug-likeness (QED) is 0.689. The second-order valence-corrected chi connectivity index (χ2v) is 4.24. The zero-order valence-corrected chi connectivity index (χ0v) is 9.90. The zero-order valence-electron chi connectivity index (χ0n) is 9.90. The normalized spacial score (nSPS) is 11.2. The first kappa shape index (κ1) is 12.1. The molecule has 1 aromatic heterocycles. The lowest BCUT2D eigenvalue weighted by Gasteiger charge is -2.05. The van der Waals surface area contributed by atoms with E-state index in [9.17, 15) is 0 Å². The van der Waals surface area contributed by atoms with Crippen LogP contribution >= 0.6 is 0 Å². The molecule has 0 amide bonds. The standard InChI is InChI=1S/C10H21N5/c1-9(2)6-4-5-7-15-10(8-11-3)12-13-14-15/h9,11H,4-8H2,1-3H3. The summed E-state index contributed by atoms with van der Waals surface area (Å²) in [6, 6.07) is 0. The van der Waals surface area contributed by atoms with Gasteiger partial charge < -0.3 is 5.32 Å². The van der Waals surface area contributed by atoms with Crippen molar-refractivity contribution in [3.05, 3.63) is 5.82 Å². The molecule has 1 heterocycles. The number of rotatable bonds is 7. The number of tetrazole rings is 1. The first-order valence-corrected chi connectivity index (χ1v) is 5.63. The summed E-state index contributed by atoms with van der Waals surface area (Å²) in [6.45, 7) is 6.17. The number of hydrogen-bond acceptors (Lipinski definition) is 4. The molecule has 0 spiro atoms. The van der Waals surface area contributed by atoms with Crippen LogP contribution < -0.4 is 5.32 Å². The van der Waals surface area contributed by atoms with Crippen molar-refractivity contribution in [2.75, 3.05) is 7.05 Å². The summed E-state index contributed by atoms with van der Waals surface area (Å²) in [5.74, 6) is 1.71. The highest BCUT2D eigenvalue weighted by Crippen LogP contribution is 2.07. The predicted octanol–water partition coefficient (Wildman–Crippen LogP) is 1.22. The van der Waals surface area contributed by atoms with E-state index >= 15 is 0 Å². The van der Waals surface area contributed by atoms with Crippen LogP contribution in [0.15, 0.2) is 0 Å². The lowest BCUT2D eigenvalue weighted by atomic mass is 10.1. The van der Waals surface area contributed by atoms with Crippen molar-refractivity contribution in [3.8, 4) is 0 Å². The third-order valence-electron chi connectivity index (χ3n) is 2.34. The maximum absolute atomic E-state index is 3.97. The Kier molecular flexibility index (Phi) is 5.25. The largest absolute Gasteiger partial charge is 0.313 e. The van der Waals surface area contributed by atoms with Crippen molar-refractivity contribution in [2.45, 2.75) is 46.2 Å². The van der Waals surface area contributed by atoms with E-state index in [1.165, 1.54) is 12.8 Å². The Morgan fingerprint density at radius 2 is 2.13 bits per heavy atom. The molecule has 0 aliphatic heterocycles. The summed E-state index contributed by atoms with van der Waals surface area (Å²) in [4.78, 5) is 0. The lowest BCUT2D eigenvalue weighted by molar-refractivity contribution is 0.473. The van der Waals surface area contributed by atoms with E-state index in [2.05, 4.69) is 34.7 Å². The van der Waals surface area contributed by atoms with Gasteiger partial charge in [-0.2, -0.15) is 0 Å². The Hall–Kier alpha value is -0.970. The molecule has 0 bridgehead atoms. The maximum Gasteiger partial charge on any atom is 0.165 e. The van der Waals surface area contributed by atoms with Gasteiger partial charge in [-0.25, -0.2) is 4.68 Å². The molecule has 0 radical (unpaired) electrons. The predicted molar refractivity (Wildman–Crippen MR) is 59.3 cm³/mol. The Balaban J connectivity index is 2.27. The Morgan fingerprint density at radius 1 is 1.33 bits per heavy atom. The third kappa shape index (κ3) is 4.38. The molecule has 86 valence electrons. The molecular weight excluding hydrogens is 190 g/mol. The van der Waals surface area contributed by atoms with Gasteiger partial charge >= 0.3 is 0 Å². The Bertz CT molecular complexity index is 269. The molecule has 0 saturated carbocycles. The van der Waals surface area contributed by atoms with Crippen LogP contribution in [0.4, 0.5) is 0 Å². The number of aryl methyl sites for hydroxylation is 1. The summed E-state index contributed by atoms with van der Waals surface area (Å²) in [5, 5.41) is 14.7. The Morgan fingerprint density at radius 3 is 2.80 bits per heavy atom. The van der Waals surface area contributed by atoms with Gasteiger partial charge in [0.05, 0.1) is 6.54 Å². The van der Waals surface area contributed by atoms with Gasteiger partial charge in [-0.3, -0.25) is 0 Å². The van der Waals surface area contributed by atoms with Crippen LogP contribution in [0.2, 0.25) is 0 Å².